The molecule has 1 aromatic heterocycles. The van der Waals surface area contributed by atoms with E-state index < -0.39 is 24.5 Å². The summed E-state index contributed by atoms with van der Waals surface area (Å²) in [4.78, 5) is 12.6. The van der Waals surface area contributed by atoms with E-state index in [4.69, 9.17) is 0 Å². The van der Waals surface area contributed by atoms with Gasteiger partial charge in [-0.15, -0.1) is 10.2 Å². The highest BCUT2D eigenvalue weighted by molar-refractivity contribution is 5.90. The lowest BCUT2D eigenvalue weighted by atomic mass is 10.2. The molecule has 0 saturated heterocycles. The van der Waals surface area contributed by atoms with Crippen molar-refractivity contribution in [2.24, 2.45) is 0 Å². The van der Waals surface area contributed by atoms with Gasteiger partial charge in [-0.3, -0.25) is 4.79 Å². The van der Waals surface area contributed by atoms with Crippen LogP contribution in [0.1, 0.15) is 16.2 Å². The highest BCUT2D eigenvalue weighted by Crippen LogP contribution is 2.19. The summed E-state index contributed by atoms with van der Waals surface area (Å²) in [6.45, 7) is -1.57. The van der Waals surface area contributed by atoms with E-state index >= 15 is 0 Å². The van der Waals surface area contributed by atoms with Crippen LogP contribution in [0.4, 0.5) is 13.2 Å². The number of nitrogens with one attached hydrogen (secondary N) is 1. The number of halogens is 3. The Hall–Kier alpha value is -2.45. The number of carbonyl (C=O) groups excluding carboxylic acids is 1. The van der Waals surface area contributed by atoms with Crippen molar-refractivity contribution in [3.8, 4) is 0 Å². The van der Waals surface area contributed by atoms with Crippen molar-refractivity contribution in [2.45, 2.75) is 12.7 Å². The van der Waals surface area contributed by atoms with Crippen LogP contribution in [-0.4, -0.2) is 44.2 Å². The second-order valence-electron chi connectivity index (χ2n) is 4.00. The monoisotopic (exact) mass is 285 g/mol. The third kappa shape index (κ3) is 3.77. The number of nitrogens with zero attached hydrogens (tertiary/aromatic N) is 4. The topological polar surface area (TPSA) is 74.8 Å². The fourth-order valence-electron chi connectivity index (χ4n) is 1.61. The smallest absolute Gasteiger partial charge is 0.322 e. The molecule has 0 radical (unpaired) electrons. The van der Waals surface area contributed by atoms with Gasteiger partial charge in [-0.2, -0.15) is 18.4 Å². The molecule has 0 aliphatic rings. The maximum absolute atomic E-state index is 12.6. The first-order valence-electron chi connectivity index (χ1n) is 5.59. The maximum Gasteiger partial charge on any atom is 0.406 e. The Morgan fingerprint density at radius 3 is 2.50 bits per heavy atom. The molecule has 6 nitrogen and oxygen atoms in total. The Balaban J connectivity index is 2.19. The number of carbonyl (C=O) groups is 1. The van der Waals surface area contributed by atoms with Gasteiger partial charge < -0.3 is 4.90 Å². The molecule has 0 spiro atoms. The zero-order chi connectivity index (χ0) is 14.6. The van der Waals surface area contributed by atoms with Crippen LogP contribution >= 0.6 is 0 Å². The zero-order valence-electron chi connectivity index (χ0n) is 10.1. The summed E-state index contributed by atoms with van der Waals surface area (Å²) in [5.41, 5.74) is 0.577. The normalized spacial score (nSPS) is 11.3. The second kappa shape index (κ2) is 5.68. The quantitative estimate of drug-likeness (QED) is 0.921. The SMILES string of the molecule is O=C(c1nn[nH]n1)N(Cc1ccccc1)CC(F)(F)F. The molecule has 0 fully saturated rings. The summed E-state index contributed by atoms with van der Waals surface area (Å²) in [6, 6.07) is 8.36. The van der Waals surface area contributed by atoms with E-state index in [0.717, 1.165) is 0 Å². The minimum Gasteiger partial charge on any atom is -0.322 e. The second-order valence-corrected chi connectivity index (χ2v) is 4.00. The number of rotatable bonds is 4. The lowest BCUT2D eigenvalue weighted by Crippen LogP contribution is -2.39. The van der Waals surface area contributed by atoms with Crippen LogP contribution in [0.25, 0.3) is 0 Å². The molecule has 0 unspecified atom stereocenters. The average Bonchev–Trinajstić information content (AvgIpc) is 2.90. The van der Waals surface area contributed by atoms with Crippen LogP contribution in [0.2, 0.25) is 0 Å². The molecule has 1 amide bonds. The van der Waals surface area contributed by atoms with Crippen molar-refractivity contribution >= 4 is 5.91 Å². The van der Waals surface area contributed by atoms with Gasteiger partial charge >= 0.3 is 6.18 Å². The predicted octanol–water partition coefficient (Wildman–Crippen LogP) is 1.40. The van der Waals surface area contributed by atoms with Gasteiger partial charge in [0, 0.05) is 6.54 Å². The molecule has 0 aliphatic carbocycles. The van der Waals surface area contributed by atoms with E-state index in [0.29, 0.717) is 10.5 Å². The van der Waals surface area contributed by atoms with Gasteiger partial charge in [-0.1, -0.05) is 30.3 Å². The van der Waals surface area contributed by atoms with Crippen molar-refractivity contribution in [1.82, 2.24) is 25.5 Å². The van der Waals surface area contributed by atoms with Crippen molar-refractivity contribution in [3.63, 3.8) is 0 Å². The summed E-state index contributed by atoms with van der Waals surface area (Å²) in [7, 11) is 0. The minimum absolute atomic E-state index is 0.187. The molecule has 106 valence electrons. The lowest BCUT2D eigenvalue weighted by molar-refractivity contribution is -0.141. The van der Waals surface area contributed by atoms with Crippen molar-refractivity contribution in [3.05, 3.63) is 41.7 Å². The highest BCUT2D eigenvalue weighted by atomic mass is 19.4. The first-order valence-corrected chi connectivity index (χ1v) is 5.59. The molecule has 1 N–H and O–H groups in total. The third-order valence-electron chi connectivity index (χ3n) is 2.41. The maximum atomic E-state index is 12.6. The van der Waals surface area contributed by atoms with E-state index in [1.165, 1.54) is 0 Å². The first kappa shape index (κ1) is 14.0. The van der Waals surface area contributed by atoms with Gasteiger partial charge in [0.15, 0.2) is 0 Å². The van der Waals surface area contributed by atoms with Crippen molar-refractivity contribution in [2.75, 3.05) is 6.54 Å². The number of amides is 1. The lowest BCUT2D eigenvalue weighted by Gasteiger charge is -2.22. The van der Waals surface area contributed by atoms with Crippen molar-refractivity contribution in [1.29, 1.82) is 0 Å². The molecule has 0 aliphatic heterocycles. The van der Waals surface area contributed by atoms with Crippen LogP contribution in [0, 0.1) is 0 Å². The Kier molecular flexibility index (Phi) is 3.97. The molecule has 0 atom stereocenters. The molecular formula is C11H10F3N5O. The number of aromatic amines is 1. The summed E-state index contributed by atoms with van der Waals surface area (Å²) < 4.78 is 37.7. The Bertz CT molecular complexity index is 555. The standard InChI is InChI=1S/C11H10F3N5O/c12-11(13,14)7-19(6-8-4-2-1-3-5-8)10(20)9-15-17-18-16-9/h1-5H,6-7H2,(H,15,16,17,18). The predicted molar refractivity (Wildman–Crippen MR) is 61.4 cm³/mol. The molecule has 2 rings (SSSR count). The van der Waals surface area contributed by atoms with E-state index in [9.17, 15) is 18.0 Å². The summed E-state index contributed by atoms with van der Waals surface area (Å²) in [5.74, 6) is -1.33. The number of benzene rings is 1. The molecule has 1 heterocycles. The Labute approximate surface area is 111 Å². The van der Waals surface area contributed by atoms with Crippen LogP contribution in [0.15, 0.2) is 30.3 Å². The molecule has 0 bridgehead atoms. The third-order valence-corrected chi connectivity index (χ3v) is 2.41. The van der Waals surface area contributed by atoms with Gasteiger partial charge in [0.2, 0.25) is 0 Å². The van der Waals surface area contributed by atoms with E-state index in [1.807, 2.05) is 0 Å². The molecule has 0 saturated carbocycles. The van der Waals surface area contributed by atoms with E-state index in [2.05, 4.69) is 20.6 Å². The molecule has 9 heteroatoms. The first-order chi connectivity index (χ1) is 9.46. The van der Waals surface area contributed by atoms with E-state index in [-0.39, 0.29) is 6.54 Å². The van der Waals surface area contributed by atoms with Crippen LogP contribution in [0.3, 0.4) is 0 Å². The van der Waals surface area contributed by atoms with Crippen molar-refractivity contribution < 1.29 is 18.0 Å². The number of hydrogen-bond donors (Lipinski definition) is 1. The minimum atomic E-state index is -4.51. The largest absolute Gasteiger partial charge is 0.406 e. The fourth-order valence-corrected chi connectivity index (χ4v) is 1.61. The van der Waals surface area contributed by atoms with Crippen LogP contribution in [0.5, 0.6) is 0 Å². The Morgan fingerprint density at radius 1 is 1.25 bits per heavy atom. The molecule has 2 aromatic rings. The van der Waals surface area contributed by atoms with Gasteiger partial charge in [0.1, 0.15) is 6.54 Å². The van der Waals surface area contributed by atoms with Crippen LogP contribution < -0.4 is 0 Å². The van der Waals surface area contributed by atoms with Gasteiger partial charge in [-0.05, 0) is 10.8 Å². The van der Waals surface area contributed by atoms with E-state index in [1.54, 1.807) is 30.3 Å². The molecule has 1 aromatic carbocycles. The summed E-state index contributed by atoms with van der Waals surface area (Å²) in [5, 5.41) is 12.0. The number of tetrazole rings is 1. The summed E-state index contributed by atoms with van der Waals surface area (Å²) in [6.07, 6.45) is -4.51. The Morgan fingerprint density at radius 2 is 1.95 bits per heavy atom. The number of aromatic nitrogens is 4. The van der Waals surface area contributed by atoms with Gasteiger partial charge in [0.25, 0.3) is 11.7 Å². The number of hydrogen-bond acceptors (Lipinski definition) is 4. The van der Waals surface area contributed by atoms with Crippen LogP contribution in [-0.2, 0) is 6.54 Å². The highest BCUT2D eigenvalue weighted by Gasteiger charge is 2.34. The van der Waals surface area contributed by atoms with Gasteiger partial charge in [0.05, 0.1) is 0 Å². The number of H-pyrrole nitrogens is 1. The van der Waals surface area contributed by atoms with Gasteiger partial charge in [-0.25, -0.2) is 0 Å². The summed E-state index contributed by atoms with van der Waals surface area (Å²) >= 11 is 0. The molecule has 20 heavy (non-hydrogen) atoms. The number of alkyl halides is 3. The average molecular weight is 285 g/mol. The fraction of sp³-hybridized carbons (Fsp3) is 0.273. The molecular weight excluding hydrogens is 275 g/mol. The zero-order valence-corrected chi connectivity index (χ0v) is 10.1.